The Bertz CT molecular complexity index is 977. The highest BCUT2D eigenvalue weighted by Gasteiger charge is 2.28. The number of benzene rings is 2. The maximum atomic E-state index is 12.7. The molecule has 2 heterocycles. The molecule has 26 heavy (non-hydrogen) atoms. The molecule has 0 saturated carbocycles. The van der Waals surface area contributed by atoms with E-state index in [2.05, 4.69) is 25.8 Å². The van der Waals surface area contributed by atoms with Crippen molar-refractivity contribution in [2.45, 2.75) is 11.4 Å². The molecule has 2 aromatic carbocycles. The lowest BCUT2D eigenvalue weighted by molar-refractivity contribution is 0.169. The van der Waals surface area contributed by atoms with Crippen LogP contribution in [0.2, 0.25) is 0 Å². The summed E-state index contributed by atoms with van der Waals surface area (Å²) in [5.41, 5.74) is 1.62. The van der Waals surface area contributed by atoms with Crippen molar-refractivity contribution in [2.75, 3.05) is 26.2 Å². The van der Waals surface area contributed by atoms with E-state index >= 15 is 0 Å². The first-order valence-corrected chi connectivity index (χ1v) is 10.6. The third-order valence-corrected chi connectivity index (χ3v) is 6.92. The first-order valence-electron chi connectivity index (χ1n) is 8.35. The number of piperazine rings is 1. The number of para-hydroxylation sites is 2. The van der Waals surface area contributed by atoms with E-state index in [9.17, 15) is 8.42 Å². The summed E-state index contributed by atoms with van der Waals surface area (Å²) in [7, 11) is -3.45. The molecule has 8 heteroatoms. The predicted octanol–water partition coefficient (Wildman–Crippen LogP) is 3.10. The van der Waals surface area contributed by atoms with Gasteiger partial charge in [0.25, 0.3) is 0 Å². The fourth-order valence-corrected chi connectivity index (χ4v) is 4.75. The Morgan fingerprint density at radius 3 is 2.38 bits per heavy atom. The molecule has 0 bridgehead atoms. The zero-order valence-electron chi connectivity index (χ0n) is 14.0. The molecular formula is C18H18BrN3O3S. The topological polar surface area (TPSA) is 66.7 Å². The van der Waals surface area contributed by atoms with Gasteiger partial charge in [-0.15, -0.1) is 0 Å². The Morgan fingerprint density at radius 2 is 1.69 bits per heavy atom. The second-order valence-corrected chi connectivity index (χ2v) is 9.06. The Labute approximate surface area is 160 Å². The summed E-state index contributed by atoms with van der Waals surface area (Å²) in [6.07, 6.45) is 0. The number of halogens is 1. The van der Waals surface area contributed by atoms with Crippen LogP contribution in [-0.4, -0.2) is 48.8 Å². The third-order valence-electron chi connectivity index (χ3n) is 4.48. The van der Waals surface area contributed by atoms with Crippen LogP contribution in [0, 0.1) is 0 Å². The highest BCUT2D eigenvalue weighted by atomic mass is 79.9. The normalized spacial score (nSPS) is 17.0. The lowest BCUT2D eigenvalue weighted by atomic mass is 10.3. The molecule has 1 aliphatic heterocycles. The summed E-state index contributed by atoms with van der Waals surface area (Å²) in [4.78, 5) is 6.98. The predicted molar refractivity (Wildman–Crippen MR) is 102 cm³/mol. The Kier molecular flexibility index (Phi) is 4.83. The van der Waals surface area contributed by atoms with Gasteiger partial charge in [0.1, 0.15) is 5.52 Å². The second kappa shape index (κ2) is 7.11. The van der Waals surface area contributed by atoms with Crippen molar-refractivity contribution in [1.29, 1.82) is 0 Å². The van der Waals surface area contributed by atoms with Crippen molar-refractivity contribution < 1.29 is 12.8 Å². The molecule has 1 aliphatic rings. The third kappa shape index (κ3) is 3.55. The summed E-state index contributed by atoms with van der Waals surface area (Å²) < 4.78 is 33.6. The minimum atomic E-state index is -3.45. The van der Waals surface area contributed by atoms with E-state index in [-0.39, 0.29) is 0 Å². The van der Waals surface area contributed by atoms with Gasteiger partial charge in [0.2, 0.25) is 15.9 Å². The van der Waals surface area contributed by atoms with E-state index in [1.165, 1.54) is 0 Å². The fraction of sp³-hybridized carbons (Fsp3) is 0.278. The SMILES string of the molecule is O=S(=O)(c1ccc(Br)cc1)N1CCN(Cc2nc3ccccc3o2)CC1. The van der Waals surface area contributed by atoms with Crippen molar-refractivity contribution in [3.05, 3.63) is 58.9 Å². The summed E-state index contributed by atoms with van der Waals surface area (Å²) in [5, 5.41) is 0. The van der Waals surface area contributed by atoms with Crippen LogP contribution < -0.4 is 0 Å². The molecule has 0 N–H and O–H groups in total. The molecule has 0 amide bonds. The van der Waals surface area contributed by atoms with E-state index in [1.807, 2.05) is 24.3 Å². The van der Waals surface area contributed by atoms with Crippen LogP contribution in [0.1, 0.15) is 5.89 Å². The standard InChI is InChI=1S/C18H18BrN3O3S/c19-14-5-7-15(8-6-14)26(23,24)22-11-9-21(10-12-22)13-18-20-16-3-1-2-4-17(16)25-18/h1-8H,9-13H2. The van der Waals surface area contributed by atoms with Crippen molar-refractivity contribution >= 4 is 37.1 Å². The summed E-state index contributed by atoms with van der Waals surface area (Å²) >= 11 is 3.33. The number of rotatable bonds is 4. The highest BCUT2D eigenvalue weighted by molar-refractivity contribution is 9.10. The average Bonchev–Trinajstić information content (AvgIpc) is 3.05. The molecule has 0 aliphatic carbocycles. The monoisotopic (exact) mass is 435 g/mol. The molecule has 4 rings (SSSR count). The summed E-state index contributed by atoms with van der Waals surface area (Å²) in [6.45, 7) is 2.79. The van der Waals surface area contributed by atoms with Crippen LogP contribution in [0.15, 0.2) is 62.3 Å². The van der Waals surface area contributed by atoms with Gasteiger partial charge >= 0.3 is 0 Å². The van der Waals surface area contributed by atoms with Crippen LogP contribution >= 0.6 is 15.9 Å². The first kappa shape index (κ1) is 17.7. The summed E-state index contributed by atoms with van der Waals surface area (Å²) in [5.74, 6) is 0.662. The quantitative estimate of drug-likeness (QED) is 0.629. The molecule has 1 aromatic heterocycles. The zero-order chi connectivity index (χ0) is 18.1. The van der Waals surface area contributed by atoms with Crippen LogP contribution in [0.5, 0.6) is 0 Å². The van der Waals surface area contributed by atoms with Gasteiger partial charge in [-0.3, -0.25) is 4.90 Å². The van der Waals surface area contributed by atoms with Gasteiger partial charge in [-0.25, -0.2) is 13.4 Å². The number of sulfonamides is 1. The number of oxazole rings is 1. The Morgan fingerprint density at radius 1 is 1.00 bits per heavy atom. The van der Waals surface area contributed by atoms with Gasteiger partial charge in [-0.1, -0.05) is 28.1 Å². The van der Waals surface area contributed by atoms with Crippen molar-refractivity contribution in [2.24, 2.45) is 0 Å². The minimum Gasteiger partial charge on any atom is -0.439 e. The fourth-order valence-electron chi connectivity index (χ4n) is 3.06. The van der Waals surface area contributed by atoms with E-state index < -0.39 is 10.0 Å². The number of nitrogens with zero attached hydrogens (tertiary/aromatic N) is 3. The lowest BCUT2D eigenvalue weighted by Crippen LogP contribution is -2.48. The van der Waals surface area contributed by atoms with E-state index in [0.717, 1.165) is 15.6 Å². The van der Waals surface area contributed by atoms with Gasteiger partial charge in [0.15, 0.2) is 5.58 Å². The maximum absolute atomic E-state index is 12.7. The molecule has 0 spiro atoms. The van der Waals surface area contributed by atoms with Crippen LogP contribution in [0.3, 0.4) is 0 Å². The Hall–Kier alpha value is -1.74. The molecular weight excluding hydrogens is 418 g/mol. The molecule has 0 unspecified atom stereocenters. The molecule has 3 aromatic rings. The van der Waals surface area contributed by atoms with E-state index in [4.69, 9.17) is 4.42 Å². The number of hydrogen-bond donors (Lipinski definition) is 0. The van der Waals surface area contributed by atoms with Gasteiger partial charge in [0.05, 0.1) is 11.4 Å². The van der Waals surface area contributed by atoms with Gasteiger partial charge in [-0.2, -0.15) is 4.31 Å². The zero-order valence-corrected chi connectivity index (χ0v) is 16.4. The van der Waals surface area contributed by atoms with Crippen molar-refractivity contribution in [1.82, 2.24) is 14.2 Å². The van der Waals surface area contributed by atoms with Crippen molar-refractivity contribution in [3.63, 3.8) is 0 Å². The molecule has 0 atom stereocenters. The summed E-state index contributed by atoms with van der Waals surface area (Å²) in [6, 6.07) is 14.4. The number of aromatic nitrogens is 1. The van der Waals surface area contributed by atoms with Gasteiger partial charge in [0, 0.05) is 30.7 Å². The molecule has 6 nitrogen and oxygen atoms in total. The van der Waals surface area contributed by atoms with Crippen LogP contribution in [0.25, 0.3) is 11.1 Å². The molecule has 1 saturated heterocycles. The molecule has 0 radical (unpaired) electrons. The van der Waals surface area contributed by atoms with Crippen LogP contribution in [0.4, 0.5) is 0 Å². The van der Waals surface area contributed by atoms with Gasteiger partial charge < -0.3 is 4.42 Å². The smallest absolute Gasteiger partial charge is 0.243 e. The number of hydrogen-bond acceptors (Lipinski definition) is 5. The second-order valence-electron chi connectivity index (χ2n) is 6.21. The highest BCUT2D eigenvalue weighted by Crippen LogP contribution is 2.21. The van der Waals surface area contributed by atoms with Crippen LogP contribution in [-0.2, 0) is 16.6 Å². The minimum absolute atomic E-state index is 0.327. The van der Waals surface area contributed by atoms with E-state index in [1.54, 1.807) is 28.6 Å². The lowest BCUT2D eigenvalue weighted by Gasteiger charge is -2.33. The molecule has 136 valence electrons. The molecule has 1 fully saturated rings. The van der Waals surface area contributed by atoms with Crippen molar-refractivity contribution in [3.8, 4) is 0 Å². The largest absolute Gasteiger partial charge is 0.439 e. The van der Waals surface area contributed by atoms with E-state index in [0.29, 0.717) is 43.5 Å². The first-order chi connectivity index (χ1) is 12.5. The number of fused-ring (bicyclic) bond motifs is 1. The average molecular weight is 436 g/mol. The maximum Gasteiger partial charge on any atom is 0.243 e. The Balaban J connectivity index is 1.41. The van der Waals surface area contributed by atoms with Gasteiger partial charge in [-0.05, 0) is 36.4 Å².